The Morgan fingerprint density at radius 1 is 1.19 bits per heavy atom. The second-order valence-electron chi connectivity index (χ2n) is 3.81. The van der Waals surface area contributed by atoms with Gasteiger partial charge in [-0.25, -0.2) is 4.79 Å². The minimum atomic E-state index is -1.42. The number of hydrogen-bond donors (Lipinski definition) is 0. The third kappa shape index (κ3) is 5.48. The molecular formula is C11H18O5. The minimum absolute atomic E-state index is 0.0972. The van der Waals surface area contributed by atoms with Crippen molar-refractivity contribution in [3.8, 4) is 0 Å². The maximum atomic E-state index is 11.6. The lowest BCUT2D eigenvalue weighted by Gasteiger charge is -2.15. The molecule has 92 valence electrons. The SMILES string of the molecule is CCOC(=O)C(OC(C)=O)C(=O)CC(C)C. The highest BCUT2D eigenvalue weighted by molar-refractivity contribution is 6.03. The maximum Gasteiger partial charge on any atom is 0.355 e. The summed E-state index contributed by atoms with van der Waals surface area (Å²) in [6.07, 6.45) is -1.24. The van der Waals surface area contributed by atoms with Crippen molar-refractivity contribution in [2.45, 2.75) is 40.2 Å². The van der Waals surface area contributed by atoms with Crippen LogP contribution in [0.3, 0.4) is 0 Å². The number of ether oxygens (including phenoxy) is 2. The van der Waals surface area contributed by atoms with E-state index in [-0.39, 0.29) is 18.9 Å². The molecule has 0 aliphatic heterocycles. The molecule has 0 aromatic rings. The summed E-state index contributed by atoms with van der Waals surface area (Å²) in [6.45, 7) is 6.60. The molecule has 0 bridgehead atoms. The van der Waals surface area contributed by atoms with Crippen molar-refractivity contribution in [3.05, 3.63) is 0 Å². The van der Waals surface area contributed by atoms with Crippen LogP contribution in [-0.2, 0) is 23.9 Å². The Morgan fingerprint density at radius 3 is 2.12 bits per heavy atom. The van der Waals surface area contributed by atoms with Crippen LogP contribution in [0.15, 0.2) is 0 Å². The van der Waals surface area contributed by atoms with Gasteiger partial charge in [0.05, 0.1) is 6.61 Å². The van der Waals surface area contributed by atoms with Crippen molar-refractivity contribution < 1.29 is 23.9 Å². The normalized spacial score (nSPS) is 12.1. The van der Waals surface area contributed by atoms with Crippen molar-refractivity contribution in [1.82, 2.24) is 0 Å². The summed E-state index contributed by atoms with van der Waals surface area (Å²) in [5, 5.41) is 0. The van der Waals surface area contributed by atoms with Crippen molar-refractivity contribution in [1.29, 1.82) is 0 Å². The first-order chi connectivity index (χ1) is 7.38. The summed E-state index contributed by atoms with van der Waals surface area (Å²) in [7, 11) is 0. The molecule has 16 heavy (non-hydrogen) atoms. The van der Waals surface area contributed by atoms with Gasteiger partial charge in [0.15, 0.2) is 5.78 Å². The van der Waals surface area contributed by atoms with E-state index in [9.17, 15) is 14.4 Å². The zero-order valence-electron chi connectivity index (χ0n) is 10.1. The second kappa shape index (κ2) is 6.98. The highest BCUT2D eigenvalue weighted by Gasteiger charge is 2.31. The van der Waals surface area contributed by atoms with Crippen LogP contribution in [0.2, 0.25) is 0 Å². The molecule has 0 aliphatic carbocycles. The molecule has 1 atom stereocenters. The molecule has 0 radical (unpaired) electrons. The average molecular weight is 230 g/mol. The number of carbonyl (C=O) groups excluding carboxylic acids is 3. The third-order valence-electron chi connectivity index (χ3n) is 1.69. The summed E-state index contributed by atoms with van der Waals surface area (Å²) in [5.74, 6) is -1.80. The average Bonchev–Trinajstić information content (AvgIpc) is 2.12. The van der Waals surface area contributed by atoms with Gasteiger partial charge in [0.25, 0.3) is 6.10 Å². The Balaban J connectivity index is 4.58. The van der Waals surface area contributed by atoms with Gasteiger partial charge >= 0.3 is 11.9 Å². The first-order valence-corrected chi connectivity index (χ1v) is 5.25. The van der Waals surface area contributed by atoms with Gasteiger partial charge in [-0.2, -0.15) is 0 Å². The lowest BCUT2D eigenvalue weighted by molar-refractivity contribution is -0.170. The smallest absolute Gasteiger partial charge is 0.355 e. The lowest BCUT2D eigenvalue weighted by Crippen LogP contribution is -2.36. The fraction of sp³-hybridized carbons (Fsp3) is 0.727. The van der Waals surface area contributed by atoms with Crippen LogP contribution in [-0.4, -0.2) is 30.4 Å². The van der Waals surface area contributed by atoms with E-state index in [4.69, 9.17) is 0 Å². The van der Waals surface area contributed by atoms with E-state index >= 15 is 0 Å². The topological polar surface area (TPSA) is 69.7 Å². The molecule has 1 unspecified atom stereocenters. The van der Waals surface area contributed by atoms with Gasteiger partial charge in [-0.3, -0.25) is 9.59 Å². The second-order valence-corrected chi connectivity index (χ2v) is 3.81. The number of esters is 2. The first-order valence-electron chi connectivity index (χ1n) is 5.25. The minimum Gasteiger partial charge on any atom is -0.463 e. The Bertz CT molecular complexity index is 270. The van der Waals surface area contributed by atoms with Gasteiger partial charge in [-0.1, -0.05) is 13.8 Å². The lowest BCUT2D eigenvalue weighted by atomic mass is 10.0. The van der Waals surface area contributed by atoms with E-state index in [1.54, 1.807) is 6.92 Å². The number of Topliss-reactive ketones (excluding diaryl/α,β-unsaturated/α-hetero) is 1. The molecule has 0 rings (SSSR count). The molecule has 0 aromatic heterocycles. The van der Waals surface area contributed by atoms with Crippen molar-refractivity contribution in [3.63, 3.8) is 0 Å². The van der Waals surface area contributed by atoms with E-state index in [0.717, 1.165) is 6.92 Å². The van der Waals surface area contributed by atoms with Gasteiger partial charge in [0.1, 0.15) is 0 Å². The maximum absolute atomic E-state index is 11.6. The summed E-state index contributed by atoms with van der Waals surface area (Å²) in [6, 6.07) is 0. The molecule has 0 saturated carbocycles. The van der Waals surface area contributed by atoms with Crippen LogP contribution in [0.25, 0.3) is 0 Å². The van der Waals surface area contributed by atoms with Crippen LogP contribution in [0.4, 0.5) is 0 Å². The van der Waals surface area contributed by atoms with Gasteiger partial charge in [0, 0.05) is 13.3 Å². The van der Waals surface area contributed by atoms with Crippen LogP contribution in [0, 0.1) is 5.92 Å². The monoisotopic (exact) mass is 230 g/mol. The summed E-state index contributed by atoms with van der Waals surface area (Å²) in [5.41, 5.74) is 0. The highest BCUT2D eigenvalue weighted by Crippen LogP contribution is 2.08. The zero-order chi connectivity index (χ0) is 12.7. The fourth-order valence-corrected chi connectivity index (χ4v) is 1.14. The number of carbonyl (C=O) groups is 3. The van der Waals surface area contributed by atoms with Gasteiger partial charge in [-0.05, 0) is 12.8 Å². The van der Waals surface area contributed by atoms with Crippen LogP contribution >= 0.6 is 0 Å². The molecule has 5 nitrogen and oxygen atoms in total. The Morgan fingerprint density at radius 2 is 1.75 bits per heavy atom. The largest absolute Gasteiger partial charge is 0.463 e. The molecule has 0 saturated heterocycles. The molecule has 0 heterocycles. The summed E-state index contributed by atoms with van der Waals surface area (Å²) >= 11 is 0. The standard InChI is InChI=1S/C11H18O5/c1-5-15-11(14)10(16-8(4)12)9(13)6-7(2)3/h7,10H,5-6H2,1-4H3. The Kier molecular flexibility index (Phi) is 6.37. The molecule has 5 heteroatoms. The number of hydrogen-bond acceptors (Lipinski definition) is 5. The predicted octanol–water partition coefficient (Wildman–Crippen LogP) is 1.10. The zero-order valence-corrected chi connectivity index (χ0v) is 10.1. The van der Waals surface area contributed by atoms with Gasteiger partial charge in [-0.15, -0.1) is 0 Å². The number of ketones is 1. The molecule has 0 fully saturated rings. The molecule has 0 spiro atoms. The molecular weight excluding hydrogens is 212 g/mol. The molecule has 0 amide bonds. The van der Waals surface area contributed by atoms with E-state index in [1.165, 1.54) is 0 Å². The van der Waals surface area contributed by atoms with Crippen LogP contribution < -0.4 is 0 Å². The Labute approximate surface area is 95.1 Å². The fourth-order valence-electron chi connectivity index (χ4n) is 1.14. The summed E-state index contributed by atoms with van der Waals surface area (Å²) < 4.78 is 9.33. The first kappa shape index (κ1) is 14.6. The predicted molar refractivity (Wildman–Crippen MR) is 56.6 cm³/mol. The van der Waals surface area contributed by atoms with Crippen LogP contribution in [0.5, 0.6) is 0 Å². The molecule has 0 N–H and O–H groups in total. The van der Waals surface area contributed by atoms with Crippen molar-refractivity contribution >= 4 is 17.7 Å². The van der Waals surface area contributed by atoms with Crippen LogP contribution in [0.1, 0.15) is 34.1 Å². The molecule has 0 aromatic carbocycles. The van der Waals surface area contributed by atoms with E-state index < -0.39 is 23.8 Å². The van der Waals surface area contributed by atoms with Gasteiger partial charge < -0.3 is 9.47 Å². The van der Waals surface area contributed by atoms with E-state index in [1.807, 2.05) is 13.8 Å². The van der Waals surface area contributed by atoms with Crippen molar-refractivity contribution in [2.24, 2.45) is 5.92 Å². The van der Waals surface area contributed by atoms with E-state index in [2.05, 4.69) is 9.47 Å². The summed E-state index contributed by atoms with van der Waals surface area (Å²) in [4.78, 5) is 33.8. The third-order valence-corrected chi connectivity index (χ3v) is 1.69. The van der Waals surface area contributed by atoms with Crippen molar-refractivity contribution in [2.75, 3.05) is 6.61 Å². The van der Waals surface area contributed by atoms with Gasteiger partial charge in [0.2, 0.25) is 0 Å². The molecule has 0 aliphatic rings. The number of rotatable bonds is 6. The highest BCUT2D eigenvalue weighted by atomic mass is 16.6. The Hall–Kier alpha value is -1.39. The van der Waals surface area contributed by atoms with E-state index in [0.29, 0.717) is 0 Å². The quantitative estimate of drug-likeness (QED) is 0.504.